The van der Waals surface area contributed by atoms with Crippen LogP contribution in [0.3, 0.4) is 0 Å². The molecule has 4 rings (SSSR count). The number of carbonyl (C=O) groups excluding carboxylic acids is 3. The van der Waals surface area contributed by atoms with Crippen LogP contribution in [0, 0.1) is 0 Å². The van der Waals surface area contributed by atoms with Gasteiger partial charge in [-0.25, -0.2) is 4.79 Å². The molecule has 0 radical (unpaired) electrons. The van der Waals surface area contributed by atoms with Crippen molar-refractivity contribution in [3.63, 3.8) is 0 Å². The van der Waals surface area contributed by atoms with E-state index in [1.54, 1.807) is 48.5 Å². The molecule has 4 N–H and O–H groups in total. The van der Waals surface area contributed by atoms with Crippen molar-refractivity contribution in [3.8, 4) is 0 Å². The van der Waals surface area contributed by atoms with Crippen molar-refractivity contribution in [1.82, 2.24) is 0 Å². The van der Waals surface area contributed by atoms with Gasteiger partial charge in [-0.3, -0.25) is 9.59 Å². The Morgan fingerprint density at radius 1 is 0.472 bits per heavy atom. The van der Waals surface area contributed by atoms with E-state index >= 15 is 0 Å². The van der Waals surface area contributed by atoms with E-state index in [0.29, 0.717) is 33.9 Å². The van der Waals surface area contributed by atoms with Crippen LogP contribution in [-0.4, -0.2) is 17.8 Å². The van der Waals surface area contributed by atoms with Crippen molar-refractivity contribution < 1.29 is 14.4 Å². The first-order chi connectivity index (χ1) is 17.4. The van der Waals surface area contributed by atoms with Crippen LogP contribution in [0.1, 0.15) is 20.7 Å². The minimum atomic E-state index is -0.445. The normalized spacial score (nSPS) is 10.3. The molecule has 0 aliphatic rings. The highest BCUT2D eigenvalue weighted by atomic mass is 31.0. The minimum absolute atomic E-state index is 0.244. The molecule has 4 amide bonds. The number of benzene rings is 4. The van der Waals surface area contributed by atoms with Crippen molar-refractivity contribution in [1.29, 1.82) is 0 Å². The molecule has 0 aromatic heterocycles. The highest BCUT2D eigenvalue weighted by Gasteiger charge is 2.09. The third kappa shape index (κ3) is 6.98. The van der Waals surface area contributed by atoms with E-state index in [0.717, 1.165) is 10.6 Å². The Hall–Kier alpha value is -4.05. The summed E-state index contributed by atoms with van der Waals surface area (Å²) in [4.78, 5) is 37.3. The van der Waals surface area contributed by atoms with Gasteiger partial charge < -0.3 is 21.3 Å². The van der Waals surface area contributed by atoms with E-state index in [1.165, 1.54) is 0 Å². The van der Waals surface area contributed by atoms with Gasteiger partial charge in [0.05, 0.1) is 0 Å². The summed E-state index contributed by atoms with van der Waals surface area (Å²) in [7, 11) is 5.17. The zero-order valence-electron chi connectivity index (χ0n) is 19.1. The average molecular weight is 514 g/mol. The van der Waals surface area contributed by atoms with Gasteiger partial charge in [-0.1, -0.05) is 24.3 Å². The summed E-state index contributed by atoms with van der Waals surface area (Å²) in [6, 6.07) is 27.6. The Kier molecular flexibility index (Phi) is 8.06. The van der Waals surface area contributed by atoms with Crippen molar-refractivity contribution in [2.45, 2.75) is 0 Å². The van der Waals surface area contributed by atoms with Gasteiger partial charge in [-0.05, 0) is 83.4 Å². The fraction of sp³-hybridized carbons (Fsp3) is 0. The maximum Gasteiger partial charge on any atom is 0.323 e. The molecule has 0 aliphatic heterocycles. The van der Waals surface area contributed by atoms with E-state index in [1.807, 2.05) is 48.5 Å². The van der Waals surface area contributed by atoms with Gasteiger partial charge in [0.2, 0.25) is 0 Å². The molecule has 0 aliphatic carbocycles. The van der Waals surface area contributed by atoms with Crippen molar-refractivity contribution in [2.24, 2.45) is 0 Å². The fourth-order valence-corrected chi connectivity index (χ4v) is 3.92. The van der Waals surface area contributed by atoms with Gasteiger partial charge in [0.1, 0.15) is 0 Å². The van der Waals surface area contributed by atoms with E-state index in [2.05, 4.69) is 39.7 Å². The van der Waals surface area contributed by atoms with Crippen molar-refractivity contribution >= 4 is 69.7 Å². The number of hydrogen-bond acceptors (Lipinski definition) is 3. The SMILES string of the molecule is O=C(Nc1ccc(C(=O)Nc2cccc(P)c2)cc1)Nc1ccc(C(=O)Nc2cccc(P)c2)cc1. The molecule has 4 aromatic rings. The first-order valence-corrected chi connectivity index (χ1v) is 12.1. The Morgan fingerprint density at radius 2 is 0.861 bits per heavy atom. The van der Waals surface area contributed by atoms with Crippen LogP contribution < -0.4 is 31.9 Å². The van der Waals surface area contributed by atoms with E-state index in [-0.39, 0.29) is 11.8 Å². The molecule has 180 valence electrons. The summed E-state index contributed by atoms with van der Waals surface area (Å²) >= 11 is 0. The van der Waals surface area contributed by atoms with Crippen molar-refractivity contribution in [3.05, 3.63) is 108 Å². The van der Waals surface area contributed by atoms with Crippen LogP contribution in [0.2, 0.25) is 0 Å². The number of anilines is 4. The predicted molar refractivity (Wildman–Crippen MR) is 153 cm³/mol. The smallest absolute Gasteiger partial charge is 0.322 e. The largest absolute Gasteiger partial charge is 0.323 e. The maximum atomic E-state index is 12.4. The van der Waals surface area contributed by atoms with Gasteiger partial charge in [0, 0.05) is 33.9 Å². The van der Waals surface area contributed by atoms with Gasteiger partial charge in [0.25, 0.3) is 11.8 Å². The van der Waals surface area contributed by atoms with Crippen molar-refractivity contribution in [2.75, 3.05) is 21.3 Å². The second kappa shape index (κ2) is 11.6. The van der Waals surface area contributed by atoms with E-state index < -0.39 is 6.03 Å². The second-order valence-corrected chi connectivity index (χ2v) is 9.23. The van der Waals surface area contributed by atoms with Crippen LogP contribution in [0.15, 0.2) is 97.1 Å². The molecule has 2 atom stereocenters. The zero-order valence-corrected chi connectivity index (χ0v) is 21.4. The molecule has 0 spiro atoms. The molecule has 2 unspecified atom stereocenters. The molecule has 0 heterocycles. The third-order valence-corrected chi connectivity index (χ3v) is 5.82. The molecular formula is C27H24N4O3P2. The molecule has 0 saturated carbocycles. The Labute approximate surface area is 213 Å². The van der Waals surface area contributed by atoms with Gasteiger partial charge in [-0.15, -0.1) is 18.5 Å². The zero-order chi connectivity index (χ0) is 25.5. The van der Waals surface area contributed by atoms with Crippen LogP contribution in [0.5, 0.6) is 0 Å². The monoisotopic (exact) mass is 514 g/mol. The van der Waals surface area contributed by atoms with E-state index in [9.17, 15) is 14.4 Å². The third-order valence-electron chi connectivity index (χ3n) is 5.10. The molecule has 0 saturated heterocycles. The predicted octanol–water partition coefficient (Wildman–Crippen LogP) is 4.84. The Morgan fingerprint density at radius 3 is 1.22 bits per heavy atom. The van der Waals surface area contributed by atoms with E-state index in [4.69, 9.17) is 0 Å². The quantitative estimate of drug-likeness (QED) is 0.277. The summed E-state index contributed by atoms with van der Waals surface area (Å²) < 4.78 is 0. The Bertz CT molecular complexity index is 1300. The highest BCUT2D eigenvalue weighted by molar-refractivity contribution is 7.27. The summed E-state index contributed by atoms with van der Waals surface area (Å²) in [5, 5.41) is 13.1. The minimum Gasteiger partial charge on any atom is -0.322 e. The maximum absolute atomic E-state index is 12.4. The number of rotatable bonds is 6. The lowest BCUT2D eigenvalue weighted by Gasteiger charge is -2.10. The summed E-state index contributed by atoms with van der Waals surface area (Å²) in [5.41, 5.74) is 3.40. The summed E-state index contributed by atoms with van der Waals surface area (Å²) in [6.07, 6.45) is 0. The average Bonchev–Trinajstić information content (AvgIpc) is 2.85. The lowest BCUT2D eigenvalue weighted by Crippen LogP contribution is -2.20. The first-order valence-electron chi connectivity index (χ1n) is 11.0. The second-order valence-electron chi connectivity index (χ2n) is 7.89. The molecular weight excluding hydrogens is 490 g/mol. The fourth-order valence-electron chi connectivity index (χ4n) is 3.34. The van der Waals surface area contributed by atoms with Crippen LogP contribution in [-0.2, 0) is 0 Å². The highest BCUT2D eigenvalue weighted by Crippen LogP contribution is 2.15. The van der Waals surface area contributed by atoms with Gasteiger partial charge in [-0.2, -0.15) is 0 Å². The lowest BCUT2D eigenvalue weighted by molar-refractivity contribution is 0.101. The molecule has 0 fully saturated rings. The molecule has 36 heavy (non-hydrogen) atoms. The molecule has 7 nitrogen and oxygen atoms in total. The number of hydrogen-bond donors (Lipinski definition) is 4. The molecule has 9 heteroatoms. The number of carbonyl (C=O) groups is 3. The van der Waals surface area contributed by atoms with Gasteiger partial charge >= 0.3 is 6.03 Å². The number of urea groups is 1. The van der Waals surface area contributed by atoms with Crippen LogP contribution in [0.25, 0.3) is 0 Å². The number of nitrogens with one attached hydrogen (secondary N) is 4. The standard InChI is InChI=1S/C27H24N4O3P2/c32-25(28-21-3-1-5-23(35)15-21)17-7-11-19(12-8-17)30-27(34)31-20-13-9-18(10-14-20)26(33)29-22-4-2-6-24(36)16-22/h1-16H,35-36H2,(H,28,32)(H,29,33)(H2,30,31,34). The lowest BCUT2D eigenvalue weighted by atomic mass is 10.2. The van der Waals surface area contributed by atoms with Crippen LogP contribution in [0.4, 0.5) is 27.5 Å². The topological polar surface area (TPSA) is 99.3 Å². The summed E-state index contributed by atoms with van der Waals surface area (Å²) in [5.74, 6) is -0.487. The molecule has 4 aromatic carbocycles. The number of amides is 4. The van der Waals surface area contributed by atoms with Gasteiger partial charge in [0.15, 0.2) is 0 Å². The first kappa shape index (κ1) is 25.1. The Balaban J connectivity index is 1.29. The molecule has 0 bridgehead atoms. The summed E-state index contributed by atoms with van der Waals surface area (Å²) in [6.45, 7) is 0. The van der Waals surface area contributed by atoms with Crippen LogP contribution >= 0.6 is 18.5 Å².